The predicted octanol–water partition coefficient (Wildman–Crippen LogP) is 2.80. The Labute approximate surface area is 140 Å². The lowest BCUT2D eigenvalue weighted by atomic mass is 10.0. The minimum absolute atomic E-state index is 0.232. The number of nitrogens with one attached hydrogen (secondary N) is 1. The molecule has 1 aromatic carbocycles. The Morgan fingerprint density at radius 3 is 2.48 bits per heavy atom. The Balaban J connectivity index is 2.08. The Morgan fingerprint density at radius 2 is 1.87 bits per heavy atom. The third-order valence-electron chi connectivity index (χ3n) is 4.55. The zero-order chi connectivity index (χ0) is 16.8. The topological polar surface area (TPSA) is 44.7 Å². The predicted molar refractivity (Wildman–Crippen MR) is 95.8 cm³/mol. The molecule has 3 atom stereocenters. The number of aliphatic hydroxyl groups is 1. The van der Waals surface area contributed by atoms with E-state index in [-0.39, 0.29) is 18.8 Å². The van der Waals surface area contributed by atoms with E-state index in [1.165, 1.54) is 11.3 Å². The van der Waals surface area contributed by atoms with Crippen LogP contribution in [0.3, 0.4) is 0 Å². The molecule has 0 spiro atoms. The molecule has 130 valence electrons. The van der Waals surface area contributed by atoms with E-state index >= 15 is 0 Å². The fourth-order valence-corrected chi connectivity index (χ4v) is 3.39. The van der Waals surface area contributed by atoms with Gasteiger partial charge in [0.2, 0.25) is 0 Å². The molecule has 0 aromatic heterocycles. The van der Waals surface area contributed by atoms with Gasteiger partial charge in [0, 0.05) is 38.0 Å². The zero-order valence-electron chi connectivity index (χ0n) is 15.0. The largest absolute Gasteiger partial charge is 0.396 e. The number of benzene rings is 1. The number of ether oxygens (including phenoxy) is 1. The molecule has 1 heterocycles. The van der Waals surface area contributed by atoms with Crippen LogP contribution >= 0.6 is 0 Å². The quantitative estimate of drug-likeness (QED) is 0.811. The molecule has 1 saturated heterocycles. The van der Waals surface area contributed by atoms with Crippen LogP contribution in [0, 0.1) is 5.92 Å². The van der Waals surface area contributed by atoms with Gasteiger partial charge < -0.3 is 20.1 Å². The molecule has 0 bridgehead atoms. The second-order valence-corrected chi connectivity index (χ2v) is 7.03. The highest BCUT2D eigenvalue weighted by Crippen LogP contribution is 2.24. The maximum Gasteiger partial charge on any atom is 0.0726 e. The van der Waals surface area contributed by atoms with Crippen molar-refractivity contribution in [1.29, 1.82) is 0 Å². The van der Waals surface area contributed by atoms with Gasteiger partial charge in [-0.05, 0) is 37.8 Å². The molecule has 1 aliphatic heterocycles. The summed E-state index contributed by atoms with van der Waals surface area (Å²) in [4.78, 5) is 2.44. The van der Waals surface area contributed by atoms with Crippen molar-refractivity contribution >= 4 is 5.69 Å². The zero-order valence-corrected chi connectivity index (χ0v) is 15.0. The Hall–Kier alpha value is -1.10. The molecule has 3 unspecified atom stereocenters. The van der Waals surface area contributed by atoms with E-state index in [1.54, 1.807) is 0 Å². The van der Waals surface area contributed by atoms with Crippen LogP contribution < -0.4 is 10.2 Å². The molecule has 0 amide bonds. The fourth-order valence-electron chi connectivity index (χ4n) is 3.39. The van der Waals surface area contributed by atoms with Crippen LogP contribution in [0.15, 0.2) is 24.3 Å². The van der Waals surface area contributed by atoms with Crippen LogP contribution in [0.2, 0.25) is 0 Å². The summed E-state index contributed by atoms with van der Waals surface area (Å²) in [6.07, 6.45) is 1.32. The van der Waals surface area contributed by atoms with Crippen molar-refractivity contribution in [3.8, 4) is 0 Å². The van der Waals surface area contributed by atoms with Crippen LogP contribution in [0.5, 0.6) is 0 Å². The van der Waals surface area contributed by atoms with Gasteiger partial charge in [-0.25, -0.2) is 0 Å². The van der Waals surface area contributed by atoms with Gasteiger partial charge in [0.05, 0.1) is 12.2 Å². The van der Waals surface area contributed by atoms with Gasteiger partial charge in [0.25, 0.3) is 0 Å². The summed E-state index contributed by atoms with van der Waals surface area (Å²) in [6.45, 7) is 11.6. The van der Waals surface area contributed by atoms with E-state index in [1.807, 2.05) is 0 Å². The number of aliphatic hydroxyl groups excluding tert-OH is 1. The van der Waals surface area contributed by atoms with Gasteiger partial charge >= 0.3 is 0 Å². The van der Waals surface area contributed by atoms with Gasteiger partial charge in [0.15, 0.2) is 0 Å². The standard InChI is InChI=1S/C19H32N2O2/c1-14(2)18(9-10-22)20-11-17-7-5-6-8-19(17)21-12-15(3)23-16(4)13-21/h5-8,14-16,18,20,22H,9-13H2,1-4H3. The van der Waals surface area contributed by atoms with Gasteiger partial charge in [-0.15, -0.1) is 0 Å². The average Bonchev–Trinajstić information content (AvgIpc) is 2.50. The van der Waals surface area contributed by atoms with Crippen LogP contribution in [0.1, 0.15) is 39.7 Å². The molecule has 4 nitrogen and oxygen atoms in total. The molecule has 0 aliphatic carbocycles. The van der Waals surface area contributed by atoms with Gasteiger partial charge in [-0.1, -0.05) is 32.0 Å². The molecule has 0 radical (unpaired) electrons. The van der Waals surface area contributed by atoms with Crippen molar-refractivity contribution in [3.05, 3.63) is 29.8 Å². The lowest BCUT2D eigenvalue weighted by Crippen LogP contribution is -2.46. The number of rotatable bonds is 7. The summed E-state index contributed by atoms with van der Waals surface area (Å²) in [5, 5.41) is 12.9. The first-order chi connectivity index (χ1) is 11.0. The van der Waals surface area contributed by atoms with Crippen molar-refractivity contribution in [2.45, 2.75) is 58.9 Å². The molecular formula is C19H32N2O2. The maximum absolute atomic E-state index is 9.24. The first-order valence-electron chi connectivity index (χ1n) is 8.83. The van der Waals surface area contributed by atoms with Crippen LogP contribution in [0.25, 0.3) is 0 Å². The second-order valence-electron chi connectivity index (χ2n) is 7.03. The summed E-state index contributed by atoms with van der Waals surface area (Å²) < 4.78 is 5.85. The van der Waals surface area contributed by atoms with Crippen molar-refractivity contribution in [3.63, 3.8) is 0 Å². The van der Waals surface area contributed by atoms with Crippen molar-refractivity contribution in [1.82, 2.24) is 5.32 Å². The third-order valence-corrected chi connectivity index (χ3v) is 4.55. The van der Waals surface area contributed by atoms with Gasteiger partial charge in [-0.2, -0.15) is 0 Å². The molecule has 4 heteroatoms. The monoisotopic (exact) mass is 320 g/mol. The summed E-state index contributed by atoms with van der Waals surface area (Å²) in [7, 11) is 0. The minimum Gasteiger partial charge on any atom is -0.396 e. The Morgan fingerprint density at radius 1 is 1.22 bits per heavy atom. The van der Waals surface area contributed by atoms with Gasteiger partial charge in [0.1, 0.15) is 0 Å². The summed E-state index contributed by atoms with van der Waals surface area (Å²) in [5.41, 5.74) is 2.62. The van der Waals surface area contributed by atoms with Crippen molar-refractivity contribution < 1.29 is 9.84 Å². The summed E-state index contributed by atoms with van der Waals surface area (Å²) >= 11 is 0. The molecule has 2 N–H and O–H groups in total. The van der Waals surface area contributed by atoms with E-state index in [9.17, 15) is 5.11 Å². The van der Waals surface area contributed by atoms with Crippen LogP contribution in [-0.2, 0) is 11.3 Å². The minimum atomic E-state index is 0.232. The van der Waals surface area contributed by atoms with Gasteiger partial charge in [-0.3, -0.25) is 0 Å². The first kappa shape index (κ1) is 18.2. The lowest BCUT2D eigenvalue weighted by molar-refractivity contribution is -0.00526. The first-order valence-corrected chi connectivity index (χ1v) is 8.83. The SMILES string of the molecule is CC1CN(c2ccccc2CNC(CCO)C(C)C)CC(C)O1. The average molecular weight is 320 g/mol. The molecule has 1 aliphatic rings. The number of hydrogen-bond donors (Lipinski definition) is 2. The Kier molecular flexibility index (Phi) is 6.88. The highest BCUT2D eigenvalue weighted by Gasteiger charge is 2.24. The number of morpholine rings is 1. The van der Waals surface area contributed by atoms with E-state index in [0.717, 1.165) is 26.1 Å². The van der Waals surface area contributed by atoms with E-state index in [4.69, 9.17) is 4.74 Å². The molecule has 0 saturated carbocycles. The highest BCUT2D eigenvalue weighted by molar-refractivity contribution is 5.54. The number of anilines is 1. The number of nitrogens with zero attached hydrogens (tertiary/aromatic N) is 1. The number of para-hydroxylation sites is 1. The van der Waals surface area contributed by atoms with E-state index in [2.05, 4.69) is 62.2 Å². The summed E-state index contributed by atoms with van der Waals surface area (Å²) in [5.74, 6) is 0.512. The van der Waals surface area contributed by atoms with E-state index in [0.29, 0.717) is 12.0 Å². The molecule has 2 rings (SSSR count). The molecule has 1 fully saturated rings. The summed E-state index contributed by atoms with van der Waals surface area (Å²) in [6, 6.07) is 8.96. The van der Waals surface area contributed by atoms with E-state index < -0.39 is 0 Å². The maximum atomic E-state index is 9.24. The van der Waals surface area contributed by atoms with Crippen molar-refractivity contribution in [2.24, 2.45) is 5.92 Å². The molecule has 23 heavy (non-hydrogen) atoms. The second kappa shape index (κ2) is 8.67. The molecular weight excluding hydrogens is 288 g/mol. The Bertz CT molecular complexity index is 468. The molecule has 1 aromatic rings. The lowest BCUT2D eigenvalue weighted by Gasteiger charge is -2.38. The number of hydrogen-bond acceptors (Lipinski definition) is 4. The highest BCUT2D eigenvalue weighted by atomic mass is 16.5. The fraction of sp³-hybridized carbons (Fsp3) is 0.684. The third kappa shape index (κ3) is 5.20. The smallest absolute Gasteiger partial charge is 0.0726 e. The van der Waals surface area contributed by atoms with Crippen LogP contribution in [0.4, 0.5) is 5.69 Å². The van der Waals surface area contributed by atoms with Crippen molar-refractivity contribution in [2.75, 3.05) is 24.6 Å². The van der Waals surface area contributed by atoms with Crippen LogP contribution in [-0.4, -0.2) is 43.1 Å². The normalized spacial score (nSPS) is 23.3.